The van der Waals surface area contributed by atoms with Gasteiger partial charge in [0.05, 0.1) is 18.5 Å². The van der Waals surface area contributed by atoms with E-state index < -0.39 is 0 Å². The smallest absolute Gasteiger partial charge is 0.247 e. The molecule has 1 N–H and O–H groups in total. The molecule has 1 unspecified atom stereocenters. The molecule has 20 heavy (non-hydrogen) atoms. The summed E-state index contributed by atoms with van der Waals surface area (Å²) in [6.45, 7) is 3.39. The van der Waals surface area contributed by atoms with E-state index in [0.717, 1.165) is 11.3 Å². The minimum Gasteiger partial charge on any atom is -0.273 e. The maximum atomic E-state index is 11.4. The Balaban J connectivity index is 2.24. The molecule has 1 aliphatic rings. The highest BCUT2D eigenvalue weighted by Crippen LogP contribution is 2.20. The van der Waals surface area contributed by atoms with E-state index in [0.29, 0.717) is 12.1 Å². The fourth-order valence-electron chi connectivity index (χ4n) is 2.19. The standard InChI is InChI=1S/C14H17N3O3/c1-9-8-13(19)15-16-14(9)11-4-6-12(7-5-11)17(20-3)10(2)18/h4-7,9H,8H2,1-3H3,(H,15,19). The number of nitrogens with one attached hydrogen (secondary N) is 1. The van der Waals surface area contributed by atoms with E-state index in [2.05, 4.69) is 10.5 Å². The molecule has 1 heterocycles. The minimum absolute atomic E-state index is 0.0694. The van der Waals surface area contributed by atoms with Crippen LogP contribution in [0.5, 0.6) is 0 Å². The van der Waals surface area contributed by atoms with Gasteiger partial charge in [0.2, 0.25) is 11.8 Å². The molecule has 1 aromatic carbocycles. The van der Waals surface area contributed by atoms with Crippen LogP contribution in [0.1, 0.15) is 25.8 Å². The van der Waals surface area contributed by atoms with Gasteiger partial charge in [0, 0.05) is 19.3 Å². The van der Waals surface area contributed by atoms with Crippen molar-refractivity contribution in [2.75, 3.05) is 12.2 Å². The van der Waals surface area contributed by atoms with E-state index in [-0.39, 0.29) is 17.7 Å². The molecule has 0 bridgehead atoms. The third-order valence-corrected chi connectivity index (χ3v) is 3.13. The first-order valence-electron chi connectivity index (χ1n) is 6.34. The fourth-order valence-corrected chi connectivity index (χ4v) is 2.19. The normalized spacial score (nSPS) is 18.2. The molecule has 6 heteroatoms. The van der Waals surface area contributed by atoms with E-state index in [9.17, 15) is 9.59 Å². The molecule has 0 saturated heterocycles. The summed E-state index contributed by atoms with van der Waals surface area (Å²) in [6.07, 6.45) is 0.429. The highest BCUT2D eigenvalue weighted by Gasteiger charge is 2.21. The molecular formula is C14H17N3O3. The van der Waals surface area contributed by atoms with Gasteiger partial charge in [0.15, 0.2) is 0 Å². The average Bonchev–Trinajstić information content (AvgIpc) is 2.40. The summed E-state index contributed by atoms with van der Waals surface area (Å²) in [6, 6.07) is 7.28. The lowest BCUT2D eigenvalue weighted by atomic mass is 9.94. The van der Waals surface area contributed by atoms with Crippen LogP contribution in [0.3, 0.4) is 0 Å². The minimum atomic E-state index is -0.198. The Bertz CT molecular complexity index is 551. The van der Waals surface area contributed by atoms with Gasteiger partial charge in [-0.2, -0.15) is 10.2 Å². The predicted molar refractivity (Wildman–Crippen MR) is 75.1 cm³/mol. The number of rotatable bonds is 3. The molecule has 2 amide bonds. The van der Waals surface area contributed by atoms with Crippen molar-refractivity contribution in [1.29, 1.82) is 0 Å². The van der Waals surface area contributed by atoms with Crippen LogP contribution in [-0.4, -0.2) is 24.6 Å². The molecule has 1 atom stereocenters. The van der Waals surface area contributed by atoms with Crippen molar-refractivity contribution >= 4 is 23.2 Å². The summed E-state index contributed by atoms with van der Waals surface area (Å²) in [5, 5.41) is 5.30. The summed E-state index contributed by atoms with van der Waals surface area (Å²) in [5.41, 5.74) is 4.89. The van der Waals surface area contributed by atoms with Crippen LogP contribution in [0, 0.1) is 5.92 Å². The Kier molecular flexibility index (Phi) is 4.14. The Hall–Kier alpha value is -2.21. The molecule has 0 fully saturated rings. The number of carbonyl (C=O) groups is 2. The zero-order chi connectivity index (χ0) is 14.7. The molecule has 2 rings (SSSR count). The Morgan fingerprint density at radius 2 is 2.05 bits per heavy atom. The van der Waals surface area contributed by atoms with Gasteiger partial charge in [0.1, 0.15) is 0 Å². The van der Waals surface area contributed by atoms with Crippen molar-refractivity contribution in [3.05, 3.63) is 29.8 Å². The number of hydrogen-bond acceptors (Lipinski definition) is 4. The van der Waals surface area contributed by atoms with Gasteiger partial charge in [-0.05, 0) is 17.7 Å². The SMILES string of the molecule is CON(C(C)=O)c1ccc(C2=NNC(=O)CC2C)cc1. The van der Waals surface area contributed by atoms with E-state index in [1.165, 1.54) is 19.1 Å². The Morgan fingerprint density at radius 1 is 1.40 bits per heavy atom. The van der Waals surface area contributed by atoms with Gasteiger partial charge in [-0.25, -0.2) is 5.43 Å². The van der Waals surface area contributed by atoms with Crippen LogP contribution >= 0.6 is 0 Å². The largest absolute Gasteiger partial charge is 0.273 e. The van der Waals surface area contributed by atoms with Crippen LogP contribution in [0.15, 0.2) is 29.4 Å². The second-order valence-corrected chi connectivity index (χ2v) is 4.68. The summed E-state index contributed by atoms with van der Waals surface area (Å²) in [5.74, 6) is -0.197. The number of amides is 2. The van der Waals surface area contributed by atoms with Crippen molar-refractivity contribution in [1.82, 2.24) is 5.43 Å². The third kappa shape index (κ3) is 2.85. The lowest BCUT2D eigenvalue weighted by molar-refractivity contribution is -0.123. The number of anilines is 1. The summed E-state index contributed by atoms with van der Waals surface area (Å²) >= 11 is 0. The Labute approximate surface area is 117 Å². The quantitative estimate of drug-likeness (QED) is 0.849. The first kappa shape index (κ1) is 14.2. The van der Waals surface area contributed by atoms with Crippen LogP contribution in [0.4, 0.5) is 5.69 Å². The van der Waals surface area contributed by atoms with Gasteiger partial charge in [0.25, 0.3) is 0 Å². The van der Waals surface area contributed by atoms with Gasteiger partial charge in [-0.15, -0.1) is 0 Å². The van der Waals surface area contributed by atoms with Crippen molar-refractivity contribution in [2.45, 2.75) is 20.3 Å². The molecule has 1 aromatic rings. The summed E-state index contributed by atoms with van der Waals surface area (Å²) in [4.78, 5) is 27.6. The first-order chi connectivity index (χ1) is 9.52. The second kappa shape index (κ2) is 5.83. The van der Waals surface area contributed by atoms with Crippen LogP contribution < -0.4 is 10.5 Å². The molecule has 0 aliphatic carbocycles. The number of nitrogens with zero attached hydrogens (tertiary/aromatic N) is 2. The number of hydrazone groups is 1. The van der Waals surface area contributed by atoms with Crippen molar-refractivity contribution in [3.63, 3.8) is 0 Å². The molecule has 0 saturated carbocycles. The zero-order valence-electron chi connectivity index (χ0n) is 11.7. The molecule has 106 valence electrons. The van der Waals surface area contributed by atoms with Gasteiger partial charge < -0.3 is 0 Å². The van der Waals surface area contributed by atoms with Crippen molar-refractivity contribution < 1.29 is 14.4 Å². The second-order valence-electron chi connectivity index (χ2n) is 4.68. The van der Waals surface area contributed by atoms with Gasteiger partial charge in [-0.3, -0.25) is 14.4 Å². The molecule has 0 spiro atoms. The third-order valence-electron chi connectivity index (χ3n) is 3.13. The predicted octanol–water partition coefficient (Wildman–Crippen LogP) is 1.46. The number of carbonyl (C=O) groups excluding carboxylic acids is 2. The summed E-state index contributed by atoms with van der Waals surface area (Å²) in [7, 11) is 1.44. The zero-order valence-corrected chi connectivity index (χ0v) is 11.7. The van der Waals surface area contributed by atoms with Crippen LogP contribution in [0.2, 0.25) is 0 Å². The van der Waals surface area contributed by atoms with E-state index in [4.69, 9.17) is 4.84 Å². The molecular weight excluding hydrogens is 258 g/mol. The maximum Gasteiger partial charge on any atom is 0.247 e. The lowest BCUT2D eigenvalue weighted by Gasteiger charge is -2.21. The van der Waals surface area contributed by atoms with Crippen LogP contribution in [-0.2, 0) is 14.4 Å². The lowest BCUT2D eigenvalue weighted by Crippen LogP contribution is -2.32. The summed E-state index contributed by atoms with van der Waals surface area (Å²) < 4.78 is 0. The highest BCUT2D eigenvalue weighted by molar-refractivity contribution is 6.06. The van der Waals surface area contributed by atoms with Crippen molar-refractivity contribution in [2.24, 2.45) is 11.0 Å². The number of hydroxylamine groups is 1. The molecule has 1 aliphatic heterocycles. The molecule has 6 nitrogen and oxygen atoms in total. The fraction of sp³-hybridized carbons (Fsp3) is 0.357. The monoisotopic (exact) mass is 275 g/mol. The number of hydrogen-bond donors (Lipinski definition) is 1. The van der Waals surface area contributed by atoms with Crippen LogP contribution in [0.25, 0.3) is 0 Å². The molecule has 0 radical (unpaired) electrons. The topological polar surface area (TPSA) is 71.0 Å². The van der Waals surface area contributed by atoms with E-state index in [1.54, 1.807) is 12.1 Å². The average molecular weight is 275 g/mol. The Morgan fingerprint density at radius 3 is 2.55 bits per heavy atom. The maximum absolute atomic E-state index is 11.4. The number of benzene rings is 1. The highest BCUT2D eigenvalue weighted by atomic mass is 16.7. The molecule has 0 aromatic heterocycles. The van der Waals surface area contributed by atoms with Crippen molar-refractivity contribution in [3.8, 4) is 0 Å². The first-order valence-corrected chi connectivity index (χ1v) is 6.34. The van der Waals surface area contributed by atoms with Gasteiger partial charge >= 0.3 is 0 Å². The van der Waals surface area contributed by atoms with E-state index in [1.807, 2.05) is 19.1 Å². The van der Waals surface area contributed by atoms with Gasteiger partial charge in [-0.1, -0.05) is 19.1 Å². The van der Waals surface area contributed by atoms with E-state index >= 15 is 0 Å².